The van der Waals surface area contributed by atoms with Crippen molar-refractivity contribution in [2.24, 2.45) is 0 Å². The van der Waals surface area contributed by atoms with E-state index in [4.69, 9.17) is 10.2 Å². The van der Waals surface area contributed by atoms with Gasteiger partial charge in [0.2, 0.25) is 0 Å². The van der Waals surface area contributed by atoms with E-state index in [0.717, 1.165) is 6.42 Å². The molecule has 4 N–H and O–H groups in total. The number of nitrogens with zero attached hydrogens (tertiary/aromatic N) is 2. The summed E-state index contributed by atoms with van der Waals surface area (Å²) in [7, 11) is 0. The molecule has 1 unspecified atom stereocenters. The van der Waals surface area contributed by atoms with Crippen molar-refractivity contribution in [3.05, 3.63) is 30.4 Å². The van der Waals surface area contributed by atoms with Gasteiger partial charge >= 0.3 is 5.97 Å². The Labute approximate surface area is 115 Å². The van der Waals surface area contributed by atoms with Crippen molar-refractivity contribution in [1.82, 2.24) is 15.0 Å². The molecule has 0 bridgehead atoms. The Balaban J connectivity index is 2.22. The molecular formula is C13H16N4O3. The van der Waals surface area contributed by atoms with Crippen LogP contribution in [0.25, 0.3) is 11.3 Å². The number of hydrogen-bond acceptors (Lipinski definition) is 5. The van der Waals surface area contributed by atoms with Gasteiger partial charge in [0.1, 0.15) is 17.8 Å². The molecule has 0 aromatic carbocycles. The molecule has 1 atom stereocenters. The molecular weight excluding hydrogens is 260 g/mol. The Hall–Kier alpha value is -2.41. The van der Waals surface area contributed by atoms with E-state index in [0.29, 0.717) is 17.1 Å². The summed E-state index contributed by atoms with van der Waals surface area (Å²) in [5, 5.41) is 21.1. The maximum Gasteiger partial charge on any atom is 0.352 e. The van der Waals surface area contributed by atoms with E-state index in [1.807, 2.05) is 6.92 Å². The SMILES string of the molecule is CCC(CO)Nc1cc(-c2c[nH]c(C(=O)O)c2)ncn1. The lowest BCUT2D eigenvalue weighted by Crippen LogP contribution is -2.23. The summed E-state index contributed by atoms with van der Waals surface area (Å²) in [6.07, 6.45) is 3.75. The highest BCUT2D eigenvalue weighted by molar-refractivity contribution is 5.87. The molecule has 0 radical (unpaired) electrons. The van der Waals surface area contributed by atoms with Gasteiger partial charge < -0.3 is 20.5 Å². The average Bonchev–Trinajstić information content (AvgIpc) is 2.95. The van der Waals surface area contributed by atoms with E-state index in [-0.39, 0.29) is 18.3 Å². The van der Waals surface area contributed by atoms with Crippen molar-refractivity contribution in [3.63, 3.8) is 0 Å². The molecule has 2 aromatic heterocycles. The Morgan fingerprint density at radius 3 is 2.85 bits per heavy atom. The van der Waals surface area contributed by atoms with Gasteiger partial charge in [-0.2, -0.15) is 0 Å². The summed E-state index contributed by atoms with van der Waals surface area (Å²) in [6, 6.07) is 3.16. The fourth-order valence-electron chi connectivity index (χ4n) is 1.75. The zero-order valence-corrected chi connectivity index (χ0v) is 11.0. The van der Waals surface area contributed by atoms with Crippen LogP contribution in [0.2, 0.25) is 0 Å². The van der Waals surface area contributed by atoms with E-state index in [1.54, 1.807) is 12.3 Å². The fraction of sp³-hybridized carbons (Fsp3) is 0.308. The molecule has 0 saturated heterocycles. The molecule has 2 rings (SSSR count). The molecule has 0 aliphatic rings. The van der Waals surface area contributed by atoms with Gasteiger partial charge in [-0.05, 0) is 12.5 Å². The summed E-state index contributed by atoms with van der Waals surface area (Å²) < 4.78 is 0. The number of aromatic carboxylic acids is 1. The molecule has 0 aliphatic carbocycles. The number of aromatic amines is 1. The van der Waals surface area contributed by atoms with E-state index >= 15 is 0 Å². The molecule has 7 nitrogen and oxygen atoms in total. The van der Waals surface area contributed by atoms with Crippen LogP contribution in [0.15, 0.2) is 24.7 Å². The largest absolute Gasteiger partial charge is 0.477 e. The lowest BCUT2D eigenvalue weighted by molar-refractivity contribution is 0.0691. The molecule has 0 amide bonds. The van der Waals surface area contributed by atoms with Gasteiger partial charge in [0.15, 0.2) is 0 Å². The fourth-order valence-corrected chi connectivity index (χ4v) is 1.75. The second kappa shape index (κ2) is 6.16. The van der Waals surface area contributed by atoms with Crippen LogP contribution in [0, 0.1) is 0 Å². The van der Waals surface area contributed by atoms with Crippen LogP contribution in [-0.4, -0.2) is 43.8 Å². The first-order chi connectivity index (χ1) is 9.63. The lowest BCUT2D eigenvalue weighted by Gasteiger charge is -2.14. The number of aliphatic hydroxyl groups is 1. The van der Waals surface area contributed by atoms with Crippen LogP contribution in [0.5, 0.6) is 0 Å². The Morgan fingerprint density at radius 1 is 1.45 bits per heavy atom. The van der Waals surface area contributed by atoms with Gasteiger partial charge in [-0.3, -0.25) is 0 Å². The third-order valence-electron chi connectivity index (χ3n) is 2.94. The van der Waals surface area contributed by atoms with Gasteiger partial charge in [-0.1, -0.05) is 6.92 Å². The molecule has 0 spiro atoms. The number of aromatic nitrogens is 3. The number of carboxylic acid groups (broad SMARTS) is 1. The van der Waals surface area contributed by atoms with Crippen LogP contribution in [0.3, 0.4) is 0 Å². The smallest absolute Gasteiger partial charge is 0.352 e. The number of H-pyrrole nitrogens is 1. The predicted molar refractivity (Wildman–Crippen MR) is 73.6 cm³/mol. The van der Waals surface area contributed by atoms with E-state index in [2.05, 4.69) is 20.3 Å². The topological polar surface area (TPSA) is 111 Å². The Morgan fingerprint density at radius 2 is 2.25 bits per heavy atom. The summed E-state index contributed by atoms with van der Waals surface area (Å²) >= 11 is 0. The summed E-state index contributed by atoms with van der Waals surface area (Å²) in [6.45, 7) is 1.98. The van der Waals surface area contributed by atoms with Crippen molar-refractivity contribution in [1.29, 1.82) is 0 Å². The van der Waals surface area contributed by atoms with Crippen molar-refractivity contribution in [3.8, 4) is 11.3 Å². The molecule has 2 heterocycles. The van der Waals surface area contributed by atoms with Crippen LogP contribution in [-0.2, 0) is 0 Å². The first-order valence-electron chi connectivity index (χ1n) is 6.25. The van der Waals surface area contributed by atoms with Crippen molar-refractivity contribution < 1.29 is 15.0 Å². The summed E-state index contributed by atoms with van der Waals surface area (Å²) in [4.78, 5) is 21.7. The highest BCUT2D eigenvalue weighted by atomic mass is 16.4. The van der Waals surface area contributed by atoms with Gasteiger partial charge in [0.05, 0.1) is 18.3 Å². The number of hydrogen-bond donors (Lipinski definition) is 4. The van der Waals surface area contributed by atoms with Crippen LogP contribution in [0.1, 0.15) is 23.8 Å². The van der Waals surface area contributed by atoms with Crippen molar-refractivity contribution in [2.45, 2.75) is 19.4 Å². The summed E-state index contributed by atoms with van der Waals surface area (Å²) in [5.74, 6) is -0.427. The minimum Gasteiger partial charge on any atom is -0.477 e. The number of anilines is 1. The minimum absolute atomic E-state index is 0.0170. The van der Waals surface area contributed by atoms with Crippen molar-refractivity contribution in [2.75, 3.05) is 11.9 Å². The van der Waals surface area contributed by atoms with Crippen LogP contribution in [0.4, 0.5) is 5.82 Å². The normalized spacial score (nSPS) is 12.1. The molecule has 20 heavy (non-hydrogen) atoms. The first-order valence-corrected chi connectivity index (χ1v) is 6.25. The van der Waals surface area contributed by atoms with Gasteiger partial charge in [0.25, 0.3) is 0 Å². The molecule has 0 saturated carbocycles. The van der Waals surface area contributed by atoms with E-state index in [9.17, 15) is 4.79 Å². The maximum absolute atomic E-state index is 10.8. The summed E-state index contributed by atoms with van der Waals surface area (Å²) in [5.41, 5.74) is 1.39. The molecule has 2 aromatic rings. The molecule has 7 heteroatoms. The second-order valence-electron chi connectivity index (χ2n) is 4.33. The second-order valence-corrected chi connectivity index (χ2v) is 4.33. The lowest BCUT2D eigenvalue weighted by atomic mass is 10.2. The van der Waals surface area contributed by atoms with Crippen LogP contribution >= 0.6 is 0 Å². The monoisotopic (exact) mass is 276 g/mol. The zero-order valence-electron chi connectivity index (χ0n) is 11.0. The quantitative estimate of drug-likeness (QED) is 0.634. The van der Waals surface area contributed by atoms with Gasteiger partial charge in [-0.25, -0.2) is 14.8 Å². The molecule has 0 fully saturated rings. The number of rotatable bonds is 6. The number of aliphatic hydroxyl groups excluding tert-OH is 1. The van der Waals surface area contributed by atoms with Crippen molar-refractivity contribution >= 4 is 11.8 Å². The molecule has 0 aliphatic heterocycles. The third kappa shape index (κ3) is 3.12. The number of carboxylic acids is 1. The standard InChI is InChI=1S/C13H16N4O3/c1-2-9(6-18)17-12-4-10(15-7-16-12)8-3-11(13(19)20)14-5-8/h3-5,7,9,14,18H,2,6H2,1H3,(H,19,20)(H,15,16,17). The first kappa shape index (κ1) is 14.0. The Kier molecular flexibility index (Phi) is 4.31. The van der Waals surface area contributed by atoms with Crippen LogP contribution < -0.4 is 5.32 Å². The minimum atomic E-state index is -1.02. The average molecular weight is 276 g/mol. The number of nitrogens with one attached hydrogen (secondary N) is 2. The highest BCUT2D eigenvalue weighted by Crippen LogP contribution is 2.20. The highest BCUT2D eigenvalue weighted by Gasteiger charge is 2.10. The van der Waals surface area contributed by atoms with Gasteiger partial charge in [0, 0.05) is 17.8 Å². The predicted octanol–water partition coefficient (Wildman–Crippen LogP) is 1.35. The zero-order chi connectivity index (χ0) is 14.5. The molecule has 106 valence electrons. The maximum atomic E-state index is 10.8. The van der Waals surface area contributed by atoms with E-state index < -0.39 is 5.97 Å². The third-order valence-corrected chi connectivity index (χ3v) is 2.94. The van der Waals surface area contributed by atoms with Gasteiger partial charge in [-0.15, -0.1) is 0 Å². The number of carbonyl (C=O) groups is 1. The van der Waals surface area contributed by atoms with E-state index in [1.165, 1.54) is 12.4 Å². The Bertz CT molecular complexity index is 593.